The summed E-state index contributed by atoms with van der Waals surface area (Å²) in [5.74, 6) is -0.787. The topological polar surface area (TPSA) is 99.7 Å². The SMILES string of the molecule is O=C(NCc1ccccn1)C1CC(=O)N(c2ccc(S(=O)(=O)N3CCCCCC3)cc2)C1. The number of nitrogens with one attached hydrogen (secondary N) is 1. The number of hydrogen-bond donors (Lipinski definition) is 1. The molecule has 1 N–H and O–H groups in total. The minimum absolute atomic E-state index is 0.127. The summed E-state index contributed by atoms with van der Waals surface area (Å²) in [6, 6.07) is 11.9. The highest BCUT2D eigenvalue weighted by Crippen LogP contribution is 2.28. The Morgan fingerprint density at radius 1 is 1.03 bits per heavy atom. The van der Waals surface area contributed by atoms with Gasteiger partial charge in [0, 0.05) is 37.9 Å². The Balaban J connectivity index is 1.39. The van der Waals surface area contributed by atoms with Crippen LogP contribution in [0.2, 0.25) is 0 Å². The van der Waals surface area contributed by atoms with Crippen LogP contribution in [0.4, 0.5) is 5.69 Å². The van der Waals surface area contributed by atoms with Gasteiger partial charge in [-0.05, 0) is 49.2 Å². The second kappa shape index (κ2) is 9.79. The number of carbonyl (C=O) groups excluding carboxylic acids is 2. The maximum atomic E-state index is 13.0. The molecule has 2 aliphatic rings. The molecule has 4 rings (SSSR count). The average molecular weight is 457 g/mol. The van der Waals surface area contributed by atoms with E-state index >= 15 is 0 Å². The van der Waals surface area contributed by atoms with E-state index in [9.17, 15) is 18.0 Å². The summed E-state index contributed by atoms with van der Waals surface area (Å²) in [6.45, 7) is 1.67. The third kappa shape index (κ3) is 4.99. The molecule has 170 valence electrons. The molecule has 1 aromatic carbocycles. The molecule has 1 atom stereocenters. The molecule has 0 spiro atoms. The first-order valence-corrected chi connectivity index (χ1v) is 12.5. The summed E-state index contributed by atoms with van der Waals surface area (Å²) >= 11 is 0. The predicted octanol–water partition coefficient (Wildman–Crippen LogP) is 2.32. The summed E-state index contributed by atoms with van der Waals surface area (Å²) in [4.78, 5) is 31.0. The number of anilines is 1. The van der Waals surface area contributed by atoms with Crippen molar-refractivity contribution in [2.45, 2.75) is 43.5 Å². The molecule has 0 bridgehead atoms. The van der Waals surface area contributed by atoms with E-state index in [1.54, 1.807) is 39.7 Å². The van der Waals surface area contributed by atoms with Crippen LogP contribution in [0.15, 0.2) is 53.6 Å². The van der Waals surface area contributed by atoms with Crippen molar-refractivity contribution < 1.29 is 18.0 Å². The van der Waals surface area contributed by atoms with E-state index in [1.807, 2.05) is 18.2 Å². The molecule has 8 nitrogen and oxygen atoms in total. The van der Waals surface area contributed by atoms with Crippen LogP contribution in [0.1, 0.15) is 37.8 Å². The van der Waals surface area contributed by atoms with Crippen LogP contribution in [0, 0.1) is 5.92 Å². The second-order valence-corrected chi connectivity index (χ2v) is 10.2. The van der Waals surface area contributed by atoms with Crippen molar-refractivity contribution >= 4 is 27.5 Å². The van der Waals surface area contributed by atoms with Gasteiger partial charge in [-0.2, -0.15) is 4.31 Å². The molecule has 1 aromatic heterocycles. The lowest BCUT2D eigenvalue weighted by Gasteiger charge is -2.21. The van der Waals surface area contributed by atoms with Crippen molar-refractivity contribution in [3.8, 4) is 0 Å². The molecule has 3 heterocycles. The van der Waals surface area contributed by atoms with Crippen molar-refractivity contribution in [2.24, 2.45) is 5.92 Å². The van der Waals surface area contributed by atoms with Gasteiger partial charge in [0.15, 0.2) is 0 Å². The van der Waals surface area contributed by atoms with Crippen LogP contribution >= 0.6 is 0 Å². The third-order valence-corrected chi connectivity index (χ3v) is 7.93. The van der Waals surface area contributed by atoms with E-state index in [1.165, 1.54) is 0 Å². The molecule has 0 aliphatic carbocycles. The molecule has 2 saturated heterocycles. The monoisotopic (exact) mass is 456 g/mol. The molecule has 1 unspecified atom stereocenters. The van der Waals surface area contributed by atoms with Gasteiger partial charge < -0.3 is 10.2 Å². The average Bonchev–Trinajstić information content (AvgIpc) is 3.00. The zero-order valence-electron chi connectivity index (χ0n) is 17.9. The molecule has 0 radical (unpaired) electrons. The van der Waals surface area contributed by atoms with E-state index in [0.29, 0.717) is 25.3 Å². The quantitative estimate of drug-likeness (QED) is 0.719. The minimum atomic E-state index is -3.54. The molecule has 2 amide bonds. The Morgan fingerprint density at radius 2 is 1.75 bits per heavy atom. The number of rotatable bonds is 6. The van der Waals surface area contributed by atoms with Crippen molar-refractivity contribution in [3.63, 3.8) is 0 Å². The fourth-order valence-electron chi connectivity index (χ4n) is 4.19. The number of hydrogen-bond acceptors (Lipinski definition) is 5. The smallest absolute Gasteiger partial charge is 0.243 e. The van der Waals surface area contributed by atoms with Gasteiger partial charge in [-0.15, -0.1) is 0 Å². The van der Waals surface area contributed by atoms with Crippen molar-refractivity contribution in [3.05, 3.63) is 54.4 Å². The van der Waals surface area contributed by atoms with Crippen LogP contribution in [0.25, 0.3) is 0 Å². The summed E-state index contributed by atoms with van der Waals surface area (Å²) in [7, 11) is -3.54. The van der Waals surface area contributed by atoms with E-state index in [2.05, 4.69) is 10.3 Å². The lowest BCUT2D eigenvalue weighted by atomic mass is 10.1. The molecule has 2 aromatic rings. The minimum Gasteiger partial charge on any atom is -0.350 e. The van der Waals surface area contributed by atoms with Crippen molar-refractivity contribution in [2.75, 3.05) is 24.5 Å². The number of aromatic nitrogens is 1. The second-order valence-electron chi connectivity index (χ2n) is 8.26. The molecule has 32 heavy (non-hydrogen) atoms. The fraction of sp³-hybridized carbons (Fsp3) is 0.435. The van der Waals surface area contributed by atoms with E-state index in [-0.39, 0.29) is 29.7 Å². The highest BCUT2D eigenvalue weighted by molar-refractivity contribution is 7.89. The van der Waals surface area contributed by atoms with Gasteiger partial charge in [0.25, 0.3) is 0 Å². The Morgan fingerprint density at radius 3 is 2.41 bits per heavy atom. The normalized spacial score (nSPS) is 20.2. The van der Waals surface area contributed by atoms with E-state index < -0.39 is 15.9 Å². The van der Waals surface area contributed by atoms with Crippen LogP contribution in [-0.4, -0.2) is 49.2 Å². The largest absolute Gasteiger partial charge is 0.350 e. The Hall–Kier alpha value is -2.78. The van der Waals surface area contributed by atoms with Gasteiger partial charge in [0.1, 0.15) is 0 Å². The Labute approximate surface area is 188 Å². The lowest BCUT2D eigenvalue weighted by molar-refractivity contribution is -0.126. The zero-order chi connectivity index (χ0) is 22.6. The highest BCUT2D eigenvalue weighted by Gasteiger charge is 2.35. The number of nitrogens with zero attached hydrogens (tertiary/aromatic N) is 3. The van der Waals surface area contributed by atoms with Crippen molar-refractivity contribution in [1.29, 1.82) is 0 Å². The first kappa shape index (κ1) is 22.4. The number of sulfonamides is 1. The van der Waals surface area contributed by atoms with E-state index in [0.717, 1.165) is 31.4 Å². The van der Waals surface area contributed by atoms with Crippen LogP contribution in [-0.2, 0) is 26.2 Å². The van der Waals surface area contributed by atoms with Gasteiger partial charge in [0.05, 0.1) is 23.1 Å². The Bertz CT molecular complexity index is 1050. The van der Waals surface area contributed by atoms with Crippen LogP contribution in [0.5, 0.6) is 0 Å². The molecular weight excluding hydrogens is 428 g/mol. The maximum absolute atomic E-state index is 13.0. The van der Waals surface area contributed by atoms with Gasteiger partial charge in [-0.25, -0.2) is 8.42 Å². The summed E-state index contributed by atoms with van der Waals surface area (Å²) in [6.07, 6.45) is 5.66. The zero-order valence-corrected chi connectivity index (χ0v) is 18.8. The lowest BCUT2D eigenvalue weighted by Crippen LogP contribution is -2.33. The number of amides is 2. The highest BCUT2D eigenvalue weighted by atomic mass is 32.2. The van der Waals surface area contributed by atoms with Crippen LogP contribution < -0.4 is 10.2 Å². The molecular formula is C23H28N4O4S. The molecule has 0 saturated carbocycles. The van der Waals surface area contributed by atoms with Gasteiger partial charge in [0.2, 0.25) is 21.8 Å². The van der Waals surface area contributed by atoms with Gasteiger partial charge in [-0.1, -0.05) is 18.9 Å². The molecule has 2 fully saturated rings. The number of pyridine rings is 1. The standard InChI is InChI=1S/C23H28N4O4S/c28-22-15-18(23(29)25-16-19-7-3-4-12-24-19)17-27(22)20-8-10-21(11-9-20)32(30,31)26-13-5-1-2-6-14-26/h3-4,7-12,18H,1-2,5-6,13-17H2,(H,25,29). The summed E-state index contributed by atoms with van der Waals surface area (Å²) < 4.78 is 27.5. The maximum Gasteiger partial charge on any atom is 0.243 e. The first-order chi connectivity index (χ1) is 15.4. The van der Waals surface area contributed by atoms with Crippen molar-refractivity contribution in [1.82, 2.24) is 14.6 Å². The van der Waals surface area contributed by atoms with Gasteiger partial charge >= 0.3 is 0 Å². The summed E-state index contributed by atoms with van der Waals surface area (Å²) in [5, 5.41) is 2.84. The predicted molar refractivity (Wildman–Crippen MR) is 120 cm³/mol. The molecule has 9 heteroatoms. The molecule has 2 aliphatic heterocycles. The fourth-order valence-corrected chi connectivity index (χ4v) is 5.70. The van der Waals surface area contributed by atoms with E-state index in [4.69, 9.17) is 0 Å². The Kier molecular flexibility index (Phi) is 6.86. The summed E-state index contributed by atoms with van der Waals surface area (Å²) in [5.41, 5.74) is 1.35. The number of benzene rings is 1. The van der Waals surface area contributed by atoms with Crippen LogP contribution in [0.3, 0.4) is 0 Å². The van der Waals surface area contributed by atoms with Gasteiger partial charge in [-0.3, -0.25) is 14.6 Å². The number of carbonyl (C=O) groups is 2. The first-order valence-electron chi connectivity index (χ1n) is 11.0. The third-order valence-electron chi connectivity index (χ3n) is 6.02.